The van der Waals surface area contributed by atoms with Crippen molar-refractivity contribution >= 4 is 23.5 Å². The Bertz CT molecular complexity index is 305. The fourth-order valence-electron chi connectivity index (χ4n) is 0.789. The quantitative estimate of drug-likeness (QED) is 0.669. The Kier molecular flexibility index (Phi) is 3.39. The fourth-order valence-corrected chi connectivity index (χ4v) is 0.872. The third kappa shape index (κ3) is 2.51. The minimum atomic E-state index is 0.267. The van der Waals surface area contributed by atoms with Gasteiger partial charge in [-0.1, -0.05) is 12.2 Å². The maximum absolute atomic E-state index is 5.62. The Labute approximate surface area is 81.3 Å². The van der Waals surface area contributed by atoms with Crippen LogP contribution in [-0.2, 0) is 6.54 Å². The van der Waals surface area contributed by atoms with Crippen LogP contribution >= 0.6 is 12.2 Å². The number of nitrogens with one attached hydrogen (secondary N) is 1. The molecule has 1 heterocycles. The number of aromatic nitrogens is 2. The molecular weight excluding hydrogens is 188 g/mol. The fraction of sp³-hybridized carbons (Fsp3) is 0.286. The van der Waals surface area contributed by atoms with Crippen molar-refractivity contribution in [2.24, 2.45) is 0 Å². The Balaban J connectivity index is 2.78. The number of thiocarbonyl (C=S) groups is 1. The van der Waals surface area contributed by atoms with E-state index in [-0.39, 0.29) is 6.01 Å². The van der Waals surface area contributed by atoms with Crippen molar-refractivity contribution in [3.8, 4) is 6.01 Å². The van der Waals surface area contributed by atoms with Crippen molar-refractivity contribution in [3.63, 3.8) is 0 Å². The first-order valence-electron chi connectivity index (χ1n) is 3.60. The summed E-state index contributed by atoms with van der Waals surface area (Å²) in [6.07, 6.45) is 1.60. The van der Waals surface area contributed by atoms with Gasteiger partial charge in [0.2, 0.25) is 0 Å². The second kappa shape index (κ2) is 4.56. The number of hydrogen-bond donors (Lipinski definition) is 2. The number of rotatable bonds is 4. The van der Waals surface area contributed by atoms with Crippen molar-refractivity contribution in [1.29, 1.82) is 0 Å². The predicted molar refractivity (Wildman–Crippen MR) is 53.5 cm³/mol. The average Bonchev–Trinajstić information content (AvgIpc) is 2.16. The second-order valence-corrected chi connectivity index (χ2v) is 2.50. The lowest BCUT2D eigenvalue weighted by Crippen LogP contribution is -2.12. The minimum Gasteiger partial charge on any atom is -0.467 e. The highest BCUT2D eigenvalue weighted by atomic mass is 32.1. The molecule has 70 valence electrons. The molecule has 0 aliphatic carbocycles. The zero-order chi connectivity index (χ0) is 9.68. The van der Waals surface area contributed by atoms with Gasteiger partial charge in [-0.3, -0.25) is 0 Å². The SMILES string of the molecule is COc1ncc(CNC=S)c(N)n1. The molecule has 5 nitrogen and oxygen atoms in total. The lowest BCUT2D eigenvalue weighted by Gasteiger charge is -2.04. The van der Waals surface area contributed by atoms with Crippen LogP contribution in [0.3, 0.4) is 0 Å². The van der Waals surface area contributed by atoms with Crippen LogP contribution in [0, 0.1) is 0 Å². The first-order valence-corrected chi connectivity index (χ1v) is 4.07. The standard InChI is InChI=1S/C7H10N4OS/c1-12-7-10-3-5(2-9-4-13)6(8)11-7/h3-4H,2H2,1H3,(H,9,13)(H2,8,10,11). The number of nitrogens with zero attached hydrogens (tertiary/aromatic N) is 2. The molecule has 3 N–H and O–H groups in total. The molecule has 0 aliphatic heterocycles. The highest BCUT2D eigenvalue weighted by Crippen LogP contribution is 2.10. The smallest absolute Gasteiger partial charge is 0.318 e. The van der Waals surface area contributed by atoms with E-state index in [1.807, 2.05) is 0 Å². The second-order valence-electron chi connectivity index (χ2n) is 2.27. The number of nitrogen functional groups attached to an aromatic ring is 1. The normalized spacial score (nSPS) is 9.31. The van der Waals surface area contributed by atoms with Crippen LogP contribution in [0.4, 0.5) is 5.82 Å². The number of anilines is 1. The molecule has 1 aromatic rings. The van der Waals surface area contributed by atoms with E-state index in [0.717, 1.165) is 5.56 Å². The van der Waals surface area contributed by atoms with E-state index in [4.69, 9.17) is 10.5 Å². The van der Waals surface area contributed by atoms with Crippen LogP contribution in [0.5, 0.6) is 6.01 Å². The van der Waals surface area contributed by atoms with Gasteiger partial charge in [0.05, 0.1) is 12.6 Å². The molecule has 13 heavy (non-hydrogen) atoms. The van der Waals surface area contributed by atoms with Crippen LogP contribution in [0.1, 0.15) is 5.56 Å². The van der Waals surface area contributed by atoms with Gasteiger partial charge in [-0.2, -0.15) is 4.98 Å². The lowest BCUT2D eigenvalue weighted by atomic mass is 10.3. The average molecular weight is 198 g/mol. The van der Waals surface area contributed by atoms with Gasteiger partial charge in [-0.15, -0.1) is 0 Å². The third-order valence-corrected chi connectivity index (χ3v) is 1.60. The van der Waals surface area contributed by atoms with Crippen molar-refractivity contribution in [2.75, 3.05) is 12.8 Å². The van der Waals surface area contributed by atoms with E-state index in [0.29, 0.717) is 12.4 Å². The molecular formula is C7H10N4OS. The molecule has 0 fully saturated rings. The van der Waals surface area contributed by atoms with E-state index < -0.39 is 0 Å². The molecule has 0 spiro atoms. The highest BCUT2D eigenvalue weighted by Gasteiger charge is 2.02. The van der Waals surface area contributed by atoms with E-state index in [9.17, 15) is 0 Å². The van der Waals surface area contributed by atoms with Gasteiger partial charge >= 0.3 is 6.01 Å². The van der Waals surface area contributed by atoms with Gasteiger partial charge in [0, 0.05) is 18.3 Å². The summed E-state index contributed by atoms with van der Waals surface area (Å²) in [5.74, 6) is 0.399. The molecule has 0 radical (unpaired) electrons. The van der Waals surface area contributed by atoms with Crippen molar-refractivity contribution < 1.29 is 4.74 Å². The molecule has 1 aromatic heterocycles. The molecule has 6 heteroatoms. The molecule has 0 saturated heterocycles. The van der Waals surface area contributed by atoms with Gasteiger partial charge in [0.25, 0.3) is 0 Å². The van der Waals surface area contributed by atoms with Crippen LogP contribution < -0.4 is 15.8 Å². The molecule has 0 aromatic carbocycles. The number of ether oxygens (including phenoxy) is 1. The molecule has 0 aliphatic rings. The molecule has 0 amide bonds. The molecule has 0 saturated carbocycles. The van der Waals surface area contributed by atoms with Crippen molar-refractivity contribution in [3.05, 3.63) is 11.8 Å². The van der Waals surface area contributed by atoms with E-state index in [1.54, 1.807) is 6.20 Å². The summed E-state index contributed by atoms with van der Waals surface area (Å²) in [6.45, 7) is 0.527. The summed E-state index contributed by atoms with van der Waals surface area (Å²) in [5.41, 5.74) is 7.83. The summed E-state index contributed by atoms with van der Waals surface area (Å²) in [5, 5.41) is 2.83. The largest absolute Gasteiger partial charge is 0.467 e. The van der Waals surface area contributed by atoms with Crippen molar-refractivity contribution in [2.45, 2.75) is 6.54 Å². The minimum absolute atomic E-state index is 0.267. The Morgan fingerprint density at radius 3 is 3.08 bits per heavy atom. The first kappa shape index (κ1) is 9.66. The van der Waals surface area contributed by atoms with E-state index in [1.165, 1.54) is 12.6 Å². The van der Waals surface area contributed by atoms with Gasteiger partial charge in [-0.05, 0) is 0 Å². The summed E-state index contributed by atoms with van der Waals surface area (Å²) < 4.78 is 4.80. The van der Waals surface area contributed by atoms with Crippen molar-refractivity contribution in [1.82, 2.24) is 15.3 Å². The summed E-state index contributed by atoms with van der Waals surface area (Å²) in [6, 6.07) is 0.267. The summed E-state index contributed by atoms with van der Waals surface area (Å²) >= 11 is 4.60. The maximum atomic E-state index is 5.62. The van der Waals surface area contributed by atoms with Gasteiger partial charge < -0.3 is 15.8 Å². The highest BCUT2D eigenvalue weighted by molar-refractivity contribution is 7.78. The molecule has 0 bridgehead atoms. The van der Waals surface area contributed by atoms with Gasteiger partial charge in [-0.25, -0.2) is 4.98 Å². The number of hydrogen-bond acceptors (Lipinski definition) is 5. The van der Waals surface area contributed by atoms with Gasteiger partial charge in [0.15, 0.2) is 0 Å². The molecule has 0 unspecified atom stereocenters. The Hall–Kier alpha value is -1.43. The Morgan fingerprint density at radius 1 is 1.77 bits per heavy atom. The summed E-state index contributed by atoms with van der Waals surface area (Å²) in [4.78, 5) is 7.81. The molecule has 0 atom stereocenters. The number of methoxy groups -OCH3 is 1. The predicted octanol–water partition coefficient (Wildman–Crippen LogP) is 0.114. The number of nitrogens with two attached hydrogens (primary N) is 1. The topological polar surface area (TPSA) is 73.1 Å². The zero-order valence-electron chi connectivity index (χ0n) is 7.15. The Morgan fingerprint density at radius 2 is 2.54 bits per heavy atom. The van der Waals surface area contributed by atoms with Gasteiger partial charge in [0.1, 0.15) is 5.82 Å². The van der Waals surface area contributed by atoms with E-state index >= 15 is 0 Å². The monoisotopic (exact) mass is 198 g/mol. The lowest BCUT2D eigenvalue weighted by molar-refractivity contribution is 0.380. The van der Waals surface area contributed by atoms with Crippen LogP contribution in [-0.4, -0.2) is 22.6 Å². The summed E-state index contributed by atoms with van der Waals surface area (Å²) in [7, 11) is 1.49. The molecule has 1 rings (SSSR count). The maximum Gasteiger partial charge on any atom is 0.318 e. The van der Waals surface area contributed by atoms with E-state index in [2.05, 4.69) is 27.5 Å². The van der Waals surface area contributed by atoms with Crippen LogP contribution in [0.15, 0.2) is 6.20 Å². The zero-order valence-corrected chi connectivity index (χ0v) is 7.97. The van der Waals surface area contributed by atoms with Crippen LogP contribution in [0.25, 0.3) is 0 Å². The first-order chi connectivity index (χ1) is 6.27. The third-order valence-electron chi connectivity index (χ3n) is 1.43. The van der Waals surface area contributed by atoms with Crippen LogP contribution in [0.2, 0.25) is 0 Å².